The lowest BCUT2D eigenvalue weighted by Gasteiger charge is -2.27. The molecule has 2 unspecified atom stereocenters. The highest BCUT2D eigenvalue weighted by molar-refractivity contribution is 5.97. The molecule has 2 fully saturated rings. The second-order valence-electron chi connectivity index (χ2n) is 9.38. The predicted molar refractivity (Wildman–Crippen MR) is 133 cm³/mol. The first-order valence-corrected chi connectivity index (χ1v) is 12.4. The van der Waals surface area contributed by atoms with E-state index < -0.39 is 23.6 Å². The topological polar surface area (TPSA) is 65.0 Å². The minimum absolute atomic E-state index is 0.151. The predicted octanol–water partition coefficient (Wildman–Crippen LogP) is 4.41. The third-order valence-corrected chi connectivity index (χ3v) is 6.87. The minimum Gasteiger partial charge on any atom is -0.371 e. The van der Waals surface area contributed by atoms with Gasteiger partial charge in [-0.15, -0.1) is 0 Å². The molecule has 0 aromatic heterocycles. The Morgan fingerprint density at radius 1 is 1.00 bits per heavy atom. The molecule has 0 radical (unpaired) electrons. The zero-order valence-corrected chi connectivity index (χ0v) is 20.1. The molecule has 2 saturated heterocycles. The third kappa shape index (κ3) is 6.94. The Morgan fingerprint density at radius 2 is 1.81 bits per heavy atom. The van der Waals surface area contributed by atoms with Crippen molar-refractivity contribution < 1.29 is 22.8 Å². The summed E-state index contributed by atoms with van der Waals surface area (Å²) in [6.45, 7) is 3.53. The van der Waals surface area contributed by atoms with Crippen LogP contribution < -0.4 is 10.2 Å². The zero-order valence-electron chi connectivity index (χ0n) is 20.1. The Bertz CT molecular complexity index is 1070. The van der Waals surface area contributed by atoms with Crippen LogP contribution in [0.2, 0.25) is 0 Å². The smallest absolute Gasteiger partial charge is 0.371 e. The Kier molecular flexibility index (Phi) is 8.40. The van der Waals surface area contributed by atoms with Crippen molar-refractivity contribution in [3.63, 3.8) is 0 Å². The minimum atomic E-state index is -4.54. The van der Waals surface area contributed by atoms with Gasteiger partial charge < -0.3 is 10.2 Å². The van der Waals surface area contributed by atoms with Gasteiger partial charge >= 0.3 is 6.18 Å². The highest BCUT2D eigenvalue weighted by atomic mass is 19.4. The number of para-hydroxylation sites is 1. The lowest BCUT2D eigenvalue weighted by molar-refractivity contribution is -0.137. The average molecular weight is 501 g/mol. The fourth-order valence-electron chi connectivity index (χ4n) is 4.94. The van der Waals surface area contributed by atoms with Gasteiger partial charge in [-0.3, -0.25) is 14.5 Å². The van der Waals surface area contributed by atoms with Crippen LogP contribution in [0.4, 0.5) is 18.9 Å². The largest absolute Gasteiger partial charge is 0.416 e. The van der Waals surface area contributed by atoms with E-state index in [1.807, 2.05) is 6.07 Å². The van der Waals surface area contributed by atoms with Gasteiger partial charge in [0.2, 0.25) is 0 Å². The number of likely N-dealkylation sites (tertiary alicyclic amines) is 1. The quantitative estimate of drug-likeness (QED) is 0.597. The fraction of sp³-hybridized carbons (Fsp3) is 0.444. The summed E-state index contributed by atoms with van der Waals surface area (Å²) >= 11 is 0. The molecule has 0 aliphatic carbocycles. The van der Waals surface area contributed by atoms with Gasteiger partial charge in [0, 0.05) is 49.1 Å². The molecule has 0 saturated carbocycles. The molecule has 6 nitrogen and oxygen atoms in total. The summed E-state index contributed by atoms with van der Waals surface area (Å²) in [6.07, 6.45) is 1.42. The molecular weight excluding hydrogens is 469 g/mol. The van der Waals surface area contributed by atoms with E-state index in [1.54, 1.807) is 6.21 Å². The molecule has 36 heavy (non-hydrogen) atoms. The van der Waals surface area contributed by atoms with Crippen molar-refractivity contribution in [2.75, 3.05) is 37.6 Å². The molecular formula is C27H31F3N4O2. The van der Waals surface area contributed by atoms with Crippen molar-refractivity contribution in [3.8, 4) is 0 Å². The number of rotatable bonds is 6. The van der Waals surface area contributed by atoms with Gasteiger partial charge in [0.15, 0.2) is 0 Å². The van der Waals surface area contributed by atoms with Crippen molar-refractivity contribution in [2.24, 2.45) is 10.9 Å². The van der Waals surface area contributed by atoms with Crippen LogP contribution in [0, 0.1) is 5.92 Å². The maximum absolute atomic E-state index is 12.8. The second-order valence-corrected chi connectivity index (χ2v) is 9.38. The number of amides is 2. The molecule has 2 amide bonds. The zero-order chi connectivity index (χ0) is 25.5. The summed E-state index contributed by atoms with van der Waals surface area (Å²) in [5, 5.41) is 2.35. The van der Waals surface area contributed by atoms with E-state index in [0.717, 1.165) is 70.1 Å². The standard InChI is InChI=1S/C27H31F3N4O2/c28-27(29,30)22-7-4-6-21(16-22)26(36)32-18-25(35)31-17-20-11-14-34(19-20)24-10-5-13-33(15-12-24)23-8-2-1-3-9-23/h1-4,6-9,16-17,20,24H,5,10-15,18-19H2,(H,32,36). The van der Waals surface area contributed by atoms with E-state index in [1.165, 1.54) is 11.8 Å². The molecule has 9 heteroatoms. The molecule has 4 rings (SSSR count). The molecule has 2 aromatic rings. The number of nitrogens with zero attached hydrogens (tertiary/aromatic N) is 3. The molecule has 1 N–H and O–H groups in total. The lowest BCUT2D eigenvalue weighted by atomic mass is 10.1. The monoisotopic (exact) mass is 500 g/mol. The Morgan fingerprint density at radius 3 is 2.58 bits per heavy atom. The van der Waals surface area contributed by atoms with Crippen LogP contribution in [0.1, 0.15) is 41.6 Å². The SMILES string of the molecule is O=C(CNC(=O)c1cccc(C(F)(F)F)c1)N=CC1CCN(C2CCCN(c3ccccc3)CC2)C1. The van der Waals surface area contributed by atoms with Crippen LogP contribution in [0.15, 0.2) is 59.6 Å². The summed E-state index contributed by atoms with van der Waals surface area (Å²) in [5.74, 6) is -1.10. The molecule has 192 valence electrons. The van der Waals surface area contributed by atoms with E-state index >= 15 is 0 Å². The van der Waals surface area contributed by atoms with E-state index in [0.29, 0.717) is 6.04 Å². The van der Waals surface area contributed by atoms with Gasteiger partial charge in [0.05, 0.1) is 12.1 Å². The molecule has 2 aliphatic heterocycles. The van der Waals surface area contributed by atoms with Gasteiger partial charge in [-0.2, -0.15) is 13.2 Å². The summed E-state index contributed by atoms with van der Waals surface area (Å²) in [6, 6.07) is 15.1. The normalized spacial score (nSPS) is 21.5. The van der Waals surface area contributed by atoms with Gasteiger partial charge in [-0.05, 0) is 62.6 Å². The van der Waals surface area contributed by atoms with Gasteiger partial charge in [-0.1, -0.05) is 24.3 Å². The van der Waals surface area contributed by atoms with Gasteiger partial charge in [0.25, 0.3) is 11.8 Å². The second kappa shape index (κ2) is 11.7. The average Bonchev–Trinajstić information content (AvgIpc) is 3.22. The van der Waals surface area contributed by atoms with Crippen molar-refractivity contribution in [1.82, 2.24) is 10.2 Å². The summed E-state index contributed by atoms with van der Waals surface area (Å²) in [7, 11) is 0. The number of hydrogen-bond donors (Lipinski definition) is 1. The van der Waals surface area contributed by atoms with E-state index in [-0.39, 0.29) is 18.0 Å². The van der Waals surface area contributed by atoms with Crippen LogP contribution in [-0.4, -0.2) is 61.7 Å². The summed E-state index contributed by atoms with van der Waals surface area (Å²) in [5.41, 5.74) is 0.206. The number of aliphatic imine (C=N–C) groups is 1. The Hall–Kier alpha value is -3.20. The van der Waals surface area contributed by atoms with Crippen LogP contribution >= 0.6 is 0 Å². The van der Waals surface area contributed by atoms with Crippen LogP contribution in [-0.2, 0) is 11.0 Å². The molecule has 2 heterocycles. The highest BCUT2D eigenvalue weighted by Crippen LogP contribution is 2.29. The van der Waals surface area contributed by atoms with Crippen molar-refractivity contribution in [3.05, 3.63) is 65.7 Å². The first-order chi connectivity index (χ1) is 17.3. The number of carbonyl (C=O) groups excluding carboxylic acids is 2. The lowest BCUT2D eigenvalue weighted by Crippen LogP contribution is -2.34. The number of anilines is 1. The maximum atomic E-state index is 12.8. The van der Waals surface area contributed by atoms with Crippen LogP contribution in [0.3, 0.4) is 0 Å². The molecule has 2 atom stereocenters. The van der Waals surface area contributed by atoms with Crippen molar-refractivity contribution in [1.29, 1.82) is 0 Å². The van der Waals surface area contributed by atoms with E-state index in [4.69, 9.17) is 0 Å². The first kappa shape index (κ1) is 25.9. The number of hydrogen-bond acceptors (Lipinski definition) is 4. The number of alkyl halides is 3. The number of carbonyl (C=O) groups is 2. The summed E-state index contributed by atoms with van der Waals surface area (Å²) < 4.78 is 38.5. The maximum Gasteiger partial charge on any atom is 0.416 e. The van der Waals surface area contributed by atoms with Gasteiger partial charge in [0.1, 0.15) is 0 Å². The fourth-order valence-corrected chi connectivity index (χ4v) is 4.94. The number of benzene rings is 2. The van der Waals surface area contributed by atoms with E-state index in [9.17, 15) is 22.8 Å². The van der Waals surface area contributed by atoms with Crippen LogP contribution in [0.25, 0.3) is 0 Å². The number of halogens is 3. The number of nitrogens with one attached hydrogen (secondary N) is 1. The van der Waals surface area contributed by atoms with Crippen molar-refractivity contribution >= 4 is 23.7 Å². The van der Waals surface area contributed by atoms with Crippen LogP contribution in [0.5, 0.6) is 0 Å². The third-order valence-electron chi connectivity index (χ3n) is 6.87. The molecule has 0 spiro atoms. The Labute approximate surface area is 209 Å². The van der Waals surface area contributed by atoms with E-state index in [2.05, 4.69) is 44.4 Å². The molecule has 2 aromatic carbocycles. The van der Waals surface area contributed by atoms with Crippen molar-refractivity contribution in [2.45, 2.75) is 37.9 Å². The first-order valence-electron chi connectivity index (χ1n) is 12.4. The molecule has 0 bridgehead atoms. The highest BCUT2D eigenvalue weighted by Gasteiger charge is 2.31. The van der Waals surface area contributed by atoms with Gasteiger partial charge in [-0.25, -0.2) is 4.99 Å². The molecule has 2 aliphatic rings. The summed E-state index contributed by atoms with van der Waals surface area (Å²) in [4.78, 5) is 33.2. The Balaban J connectivity index is 1.21.